The lowest BCUT2D eigenvalue weighted by Gasteiger charge is -2.36. The number of benzene rings is 1. The summed E-state index contributed by atoms with van der Waals surface area (Å²) in [6, 6.07) is 10.3. The van der Waals surface area contributed by atoms with Gasteiger partial charge in [0.1, 0.15) is 4.88 Å². The minimum absolute atomic E-state index is 0.0962. The summed E-state index contributed by atoms with van der Waals surface area (Å²) >= 11 is 1.39. The Balaban J connectivity index is 1.21. The summed E-state index contributed by atoms with van der Waals surface area (Å²) in [7, 11) is 0. The molecule has 1 aromatic heterocycles. The summed E-state index contributed by atoms with van der Waals surface area (Å²) in [5.41, 5.74) is 3.87. The van der Waals surface area contributed by atoms with Crippen molar-refractivity contribution in [3.05, 3.63) is 46.4 Å². The Morgan fingerprint density at radius 2 is 1.85 bits per heavy atom. The molecule has 1 saturated carbocycles. The molecule has 2 amide bonds. The van der Waals surface area contributed by atoms with Gasteiger partial charge in [0.15, 0.2) is 0 Å². The van der Waals surface area contributed by atoms with E-state index in [1.165, 1.54) is 17.0 Å². The van der Waals surface area contributed by atoms with Gasteiger partial charge in [-0.05, 0) is 25.0 Å². The molecule has 0 radical (unpaired) electrons. The Hall–Kier alpha value is -2.41. The first-order chi connectivity index (χ1) is 13.2. The molecule has 1 aromatic carbocycles. The Kier molecular flexibility index (Phi) is 5.38. The zero-order valence-corrected chi connectivity index (χ0v) is 16.1. The minimum Gasteiger partial charge on any atom is -0.368 e. The van der Waals surface area contributed by atoms with Crippen LogP contribution in [0.4, 0.5) is 5.69 Å². The lowest BCUT2D eigenvalue weighted by atomic mass is 10.2. The average Bonchev–Trinajstić information content (AvgIpc) is 3.44. The highest BCUT2D eigenvalue weighted by Gasteiger charge is 2.30. The number of carbonyl (C=O) groups is 2. The maximum absolute atomic E-state index is 12.4. The monoisotopic (exact) mass is 384 g/mol. The first kappa shape index (κ1) is 18.0. The number of aromatic nitrogens is 1. The van der Waals surface area contributed by atoms with Crippen molar-refractivity contribution >= 4 is 28.8 Å². The molecule has 1 aliphatic heterocycles. The van der Waals surface area contributed by atoms with Gasteiger partial charge in [0.25, 0.3) is 5.91 Å². The lowest BCUT2D eigenvalue weighted by molar-refractivity contribution is -0.131. The van der Waals surface area contributed by atoms with Crippen molar-refractivity contribution in [1.82, 2.24) is 15.2 Å². The number of piperazine rings is 1. The fourth-order valence-corrected chi connectivity index (χ4v) is 4.24. The molecule has 0 bridgehead atoms. The van der Waals surface area contributed by atoms with Crippen molar-refractivity contribution in [2.75, 3.05) is 37.6 Å². The fourth-order valence-electron chi connectivity index (χ4n) is 3.45. The number of hydrogen-bond acceptors (Lipinski definition) is 5. The van der Waals surface area contributed by atoms with Gasteiger partial charge in [-0.2, -0.15) is 0 Å². The molecule has 142 valence electrons. The zero-order chi connectivity index (χ0) is 18.6. The van der Waals surface area contributed by atoms with Crippen LogP contribution in [0.1, 0.15) is 40.5 Å². The SMILES string of the molecule is O=C(NCCC(=O)N1CCN(c2ccccc2)CC1)c1scnc1C1CC1. The molecule has 6 nitrogen and oxygen atoms in total. The average molecular weight is 385 g/mol. The Labute approximate surface area is 163 Å². The van der Waals surface area contributed by atoms with Crippen LogP contribution in [-0.2, 0) is 4.79 Å². The molecule has 2 aliphatic rings. The van der Waals surface area contributed by atoms with E-state index in [4.69, 9.17) is 0 Å². The van der Waals surface area contributed by atoms with E-state index >= 15 is 0 Å². The van der Waals surface area contributed by atoms with Crippen molar-refractivity contribution in [1.29, 1.82) is 0 Å². The van der Waals surface area contributed by atoms with E-state index in [0.717, 1.165) is 44.7 Å². The Morgan fingerprint density at radius 1 is 1.11 bits per heavy atom. The highest BCUT2D eigenvalue weighted by Crippen LogP contribution is 2.41. The van der Waals surface area contributed by atoms with Crippen LogP contribution in [0.15, 0.2) is 35.8 Å². The fraction of sp³-hybridized carbons (Fsp3) is 0.450. The number of hydrogen-bond donors (Lipinski definition) is 1. The molecule has 0 spiro atoms. The van der Waals surface area contributed by atoms with Gasteiger partial charge < -0.3 is 15.1 Å². The van der Waals surface area contributed by atoms with Crippen LogP contribution >= 0.6 is 11.3 Å². The molecule has 0 unspecified atom stereocenters. The van der Waals surface area contributed by atoms with E-state index in [-0.39, 0.29) is 11.8 Å². The van der Waals surface area contributed by atoms with E-state index in [0.29, 0.717) is 23.8 Å². The third kappa shape index (κ3) is 4.30. The van der Waals surface area contributed by atoms with Crippen LogP contribution in [0.2, 0.25) is 0 Å². The Morgan fingerprint density at radius 3 is 2.56 bits per heavy atom. The van der Waals surface area contributed by atoms with Gasteiger partial charge in [-0.25, -0.2) is 4.98 Å². The van der Waals surface area contributed by atoms with E-state index < -0.39 is 0 Å². The second kappa shape index (κ2) is 8.08. The van der Waals surface area contributed by atoms with E-state index in [1.54, 1.807) is 5.51 Å². The number of anilines is 1. The highest BCUT2D eigenvalue weighted by atomic mass is 32.1. The Bertz CT molecular complexity index is 795. The summed E-state index contributed by atoms with van der Waals surface area (Å²) in [4.78, 5) is 34.0. The molecule has 7 heteroatoms. The van der Waals surface area contributed by atoms with Crippen LogP contribution in [-0.4, -0.2) is 54.4 Å². The van der Waals surface area contributed by atoms with Crippen molar-refractivity contribution < 1.29 is 9.59 Å². The maximum Gasteiger partial charge on any atom is 0.263 e. The van der Waals surface area contributed by atoms with Crippen LogP contribution < -0.4 is 10.2 Å². The minimum atomic E-state index is -0.0962. The second-order valence-electron chi connectivity index (χ2n) is 7.05. The predicted octanol–water partition coefficient (Wildman–Crippen LogP) is 2.49. The summed E-state index contributed by atoms with van der Waals surface area (Å²) in [6.45, 7) is 3.50. The predicted molar refractivity (Wildman–Crippen MR) is 106 cm³/mol. The first-order valence-electron chi connectivity index (χ1n) is 9.51. The van der Waals surface area contributed by atoms with Gasteiger partial charge in [-0.15, -0.1) is 11.3 Å². The van der Waals surface area contributed by atoms with E-state index in [2.05, 4.69) is 27.3 Å². The number of nitrogens with one attached hydrogen (secondary N) is 1. The van der Waals surface area contributed by atoms with Crippen molar-refractivity contribution in [3.8, 4) is 0 Å². The van der Waals surface area contributed by atoms with Gasteiger partial charge in [0, 0.05) is 50.7 Å². The van der Waals surface area contributed by atoms with E-state index in [9.17, 15) is 9.59 Å². The van der Waals surface area contributed by atoms with Gasteiger partial charge in [-0.3, -0.25) is 9.59 Å². The lowest BCUT2D eigenvalue weighted by Crippen LogP contribution is -2.49. The third-order valence-corrected chi connectivity index (χ3v) is 5.98. The van der Waals surface area contributed by atoms with Gasteiger partial charge in [0.05, 0.1) is 11.2 Å². The summed E-state index contributed by atoms with van der Waals surface area (Å²) in [5.74, 6) is 0.468. The van der Waals surface area contributed by atoms with Crippen molar-refractivity contribution in [2.45, 2.75) is 25.2 Å². The van der Waals surface area contributed by atoms with Crippen molar-refractivity contribution in [2.24, 2.45) is 0 Å². The van der Waals surface area contributed by atoms with Crippen LogP contribution in [0, 0.1) is 0 Å². The molecule has 1 aliphatic carbocycles. The molecule has 1 saturated heterocycles. The normalized spacial score (nSPS) is 17.0. The molecule has 2 heterocycles. The standard InChI is InChI=1S/C20H24N4O2S/c25-17(24-12-10-23(11-13-24)16-4-2-1-3-5-16)8-9-21-20(26)19-18(15-6-7-15)22-14-27-19/h1-5,14-15H,6-13H2,(H,21,26). The number of carbonyl (C=O) groups excluding carboxylic acids is 2. The smallest absolute Gasteiger partial charge is 0.263 e. The second-order valence-corrected chi connectivity index (χ2v) is 7.91. The number of amides is 2. The van der Waals surface area contributed by atoms with E-state index in [1.807, 2.05) is 23.1 Å². The summed E-state index contributed by atoms with van der Waals surface area (Å²) < 4.78 is 0. The largest absolute Gasteiger partial charge is 0.368 e. The molecule has 2 fully saturated rings. The van der Waals surface area contributed by atoms with Crippen LogP contribution in [0.3, 0.4) is 0 Å². The third-order valence-electron chi connectivity index (χ3n) is 5.14. The number of para-hydroxylation sites is 1. The summed E-state index contributed by atoms with van der Waals surface area (Å²) in [5, 5.41) is 2.89. The van der Waals surface area contributed by atoms with Gasteiger partial charge in [-0.1, -0.05) is 18.2 Å². The first-order valence-corrected chi connectivity index (χ1v) is 10.4. The number of rotatable bonds is 6. The number of thiazole rings is 1. The quantitative estimate of drug-likeness (QED) is 0.831. The molecule has 1 N–H and O–H groups in total. The zero-order valence-electron chi connectivity index (χ0n) is 15.3. The molecule has 4 rings (SSSR count). The maximum atomic E-state index is 12.4. The van der Waals surface area contributed by atoms with Crippen LogP contribution in [0.5, 0.6) is 0 Å². The molecular weight excluding hydrogens is 360 g/mol. The van der Waals surface area contributed by atoms with Crippen molar-refractivity contribution in [3.63, 3.8) is 0 Å². The molecule has 27 heavy (non-hydrogen) atoms. The van der Waals surface area contributed by atoms with Gasteiger partial charge in [0.2, 0.25) is 5.91 Å². The van der Waals surface area contributed by atoms with Gasteiger partial charge >= 0.3 is 0 Å². The summed E-state index contributed by atoms with van der Waals surface area (Å²) in [6.07, 6.45) is 2.59. The highest BCUT2D eigenvalue weighted by molar-refractivity contribution is 7.11. The number of nitrogens with zero attached hydrogens (tertiary/aromatic N) is 3. The molecule has 2 aromatic rings. The molecule has 0 atom stereocenters. The topological polar surface area (TPSA) is 65.5 Å². The molecular formula is C20H24N4O2S. The van der Waals surface area contributed by atoms with Crippen LogP contribution in [0.25, 0.3) is 0 Å².